The molecule has 2 aromatic rings. The summed E-state index contributed by atoms with van der Waals surface area (Å²) in [6, 6.07) is 9.68. The summed E-state index contributed by atoms with van der Waals surface area (Å²) in [7, 11) is -3.64. The molecule has 0 saturated heterocycles. The molecule has 144 valence electrons. The van der Waals surface area contributed by atoms with Gasteiger partial charge in [0.05, 0.1) is 21.9 Å². The Morgan fingerprint density at radius 2 is 1.89 bits per heavy atom. The molecule has 0 saturated carbocycles. The zero-order valence-corrected chi connectivity index (χ0v) is 16.9. The van der Waals surface area contributed by atoms with E-state index in [1.54, 1.807) is 6.07 Å². The molecular formula is C18H17BrFNO5S. The molecule has 0 bridgehead atoms. The Morgan fingerprint density at radius 3 is 2.52 bits per heavy atom. The highest BCUT2D eigenvalue weighted by atomic mass is 79.9. The van der Waals surface area contributed by atoms with Crippen LogP contribution in [0.4, 0.5) is 10.1 Å². The lowest BCUT2D eigenvalue weighted by molar-refractivity contribution is -0.123. The quantitative estimate of drug-likeness (QED) is 0.669. The van der Waals surface area contributed by atoms with E-state index in [2.05, 4.69) is 21.2 Å². The molecule has 1 atom stereocenters. The van der Waals surface area contributed by atoms with Gasteiger partial charge < -0.3 is 10.1 Å². The lowest BCUT2D eigenvalue weighted by Crippen LogP contribution is -2.30. The van der Waals surface area contributed by atoms with Crippen molar-refractivity contribution in [3.63, 3.8) is 0 Å². The number of hydrogen-bond acceptors (Lipinski definition) is 5. The molecule has 0 heterocycles. The molecule has 6 nitrogen and oxygen atoms in total. The zero-order chi connectivity index (χ0) is 20.2. The van der Waals surface area contributed by atoms with Gasteiger partial charge in [0.25, 0.3) is 5.91 Å². The predicted molar refractivity (Wildman–Crippen MR) is 102 cm³/mol. The average Bonchev–Trinajstić information content (AvgIpc) is 2.63. The summed E-state index contributed by atoms with van der Waals surface area (Å²) < 4.78 is 43.6. The third-order valence-corrected chi connectivity index (χ3v) is 5.94. The fourth-order valence-electron chi connectivity index (χ4n) is 2.16. The van der Waals surface area contributed by atoms with Gasteiger partial charge in [-0.3, -0.25) is 4.79 Å². The van der Waals surface area contributed by atoms with Gasteiger partial charge in [0, 0.05) is 4.47 Å². The summed E-state index contributed by atoms with van der Waals surface area (Å²) in [5.41, 5.74) is -0.228. The summed E-state index contributed by atoms with van der Waals surface area (Å²) in [6.07, 6.45) is -1.27. The minimum atomic E-state index is -3.64. The number of amides is 1. The van der Waals surface area contributed by atoms with Crippen LogP contribution >= 0.6 is 15.9 Å². The van der Waals surface area contributed by atoms with Gasteiger partial charge in [0.2, 0.25) is 0 Å². The number of benzene rings is 2. The van der Waals surface area contributed by atoms with Crippen molar-refractivity contribution in [2.75, 3.05) is 11.1 Å². The van der Waals surface area contributed by atoms with E-state index in [4.69, 9.17) is 4.74 Å². The number of carbonyl (C=O) groups excluding carboxylic acids is 2. The maximum atomic E-state index is 13.8. The van der Waals surface area contributed by atoms with Gasteiger partial charge >= 0.3 is 5.97 Å². The van der Waals surface area contributed by atoms with E-state index < -0.39 is 33.6 Å². The van der Waals surface area contributed by atoms with Crippen LogP contribution in [-0.4, -0.2) is 32.2 Å². The number of nitrogens with one attached hydrogen (secondary N) is 1. The second-order valence-corrected chi connectivity index (χ2v) is 8.72. The Morgan fingerprint density at radius 1 is 1.22 bits per heavy atom. The van der Waals surface area contributed by atoms with E-state index in [-0.39, 0.29) is 21.9 Å². The van der Waals surface area contributed by atoms with Crippen LogP contribution in [0, 0.1) is 5.82 Å². The van der Waals surface area contributed by atoms with E-state index in [9.17, 15) is 22.4 Å². The molecule has 0 unspecified atom stereocenters. The standard InChI is InChI=1S/C18H17BrFNO5S/c1-3-27(24,25)16-7-5-4-6-13(16)18(23)26-11(2)17(22)21-15-9-8-12(19)10-14(15)20/h4-11H,3H2,1-2H3,(H,21,22)/t11-/m1/s1. The fourth-order valence-corrected chi connectivity index (χ4v) is 3.58. The maximum absolute atomic E-state index is 13.8. The van der Waals surface area contributed by atoms with E-state index in [1.165, 1.54) is 50.2 Å². The van der Waals surface area contributed by atoms with Crippen molar-refractivity contribution in [2.24, 2.45) is 0 Å². The Kier molecular flexibility index (Phi) is 6.72. The molecule has 0 fully saturated rings. The van der Waals surface area contributed by atoms with Crippen LogP contribution in [0.1, 0.15) is 24.2 Å². The van der Waals surface area contributed by atoms with Crippen molar-refractivity contribution in [2.45, 2.75) is 24.8 Å². The van der Waals surface area contributed by atoms with Crippen LogP contribution in [0.5, 0.6) is 0 Å². The minimum Gasteiger partial charge on any atom is -0.449 e. The first-order valence-corrected chi connectivity index (χ1v) is 10.4. The van der Waals surface area contributed by atoms with Crippen molar-refractivity contribution >= 4 is 43.3 Å². The van der Waals surface area contributed by atoms with Gasteiger partial charge in [0.1, 0.15) is 5.82 Å². The Bertz CT molecular complexity index is 977. The van der Waals surface area contributed by atoms with E-state index in [0.29, 0.717) is 4.47 Å². The van der Waals surface area contributed by atoms with Gasteiger partial charge in [0.15, 0.2) is 15.9 Å². The molecule has 1 N–H and O–H groups in total. The van der Waals surface area contributed by atoms with Crippen molar-refractivity contribution < 1.29 is 27.1 Å². The van der Waals surface area contributed by atoms with E-state index >= 15 is 0 Å². The molecule has 2 aromatic carbocycles. The number of ether oxygens (including phenoxy) is 1. The zero-order valence-electron chi connectivity index (χ0n) is 14.5. The number of hydrogen-bond donors (Lipinski definition) is 1. The second kappa shape index (κ2) is 8.62. The van der Waals surface area contributed by atoms with Crippen molar-refractivity contribution in [1.82, 2.24) is 0 Å². The van der Waals surface area contributed by atoms with Gasteiger partial charge in [-0.2, -0.15) is 0 Å². The van der Waals surface area contributed by atoms with Crippen LogP contribution in [0.25, 0.3) is 0 Å². The Labute approximate surface area is 164 Å². The Hall–Kier alpha value is -2.26. The lowest BCUT2D eigenvalue weighted by atomic mass is 10.2. The van der Waals surface area contributed by atoms with E-state index in [0.717, 1.165) is 0 Å². The smallest absolute Gasteiger partial charge is 0.340 e. The number of carbonyl (C=O) groups is 2. The molecule has 0 aliphatic rings. The third kappa shape index (κ3) is 5.14. The average molecular weight is 458 g/mol. The molecule has 1 amide bonds. The number of sulfone groups is 1. The van der Waals surface area contributed by atoms with Crippen molar-refractivity contribution in [3.8, 4) is 0 Å². The van der Waals surface area contributed by atoms with E-state index in [1.807, 2.05) is 0 Å². The molecule has 0 aliphatic heterocycles. The monoisotopic (exact) mass is 457 g/mol. The molecule has 2 rings (SSSR count). The summed E-state index contributed by atoms with van der Waals surface area (Å²) in [5, 5.41) is 2.32. The highest BCUT2D eigenvalue weighted by molar-refractivity contribution is 9.10. The van der Waals surface area contributed by atoms with Crippen LogP contribution in [-0.2, 0) is 19.4 Å². The van der Waals surface area contributed by atoms with Crippen LogP contribution < -0.4 is 5.32 Å². The molecule has 0 aromatic heterocycles. The SMILES string of the molecule is CCS(=O)(=O)c1ccccc1C(=O)O[C@H](C)C(=O)Nc1ccc(Br)cc1F. The number of anilines is 1. The normalized spacial score (nSPS) is 12.3. The van der Waals surface area contributed by atoms with Gasteiger partial charge in [-0.05, 0) is 37.3 Å². The highest BCUT2D eigenvalue weighted by Crippen LogP contribution is 2.21. The first kappa shape index (κ1) is 21.0. The number of halogens is 2. The van der Waals surface area contributed by atoms with Crippen molar-refractivity contribution in [1.29, 1.82) is 0 Å². The van der Waals surface area contributed by atoms with Crippen LogP contribution in [0.3, 0.4) is 0 Å². The summed E-state index contributed by atoms with van der Waals surface area (Å²) in [5.74, 6) is -2.55. The second-order valence-electron chi connectivity index (χ2n) is 5.56. The van der Waals surface area contributed by atoms with Gasteiger partial charge in [-0.15, -0.1) is 0 Å². The highest BCUT2D eigenvalue weighted by Gasteiger charge is 2.25. The third-order valence-electron chi connectivity index (χ3n) is 3.66. The number of rotatable bonds is 6. The van der Waals surface area contributed by atoms with Crippen molar-refractivity contribution in [3.05, 3.63) is 58.3 Å². The molecular weight excluding hydrogens is 441 g/mol. The topological polar surface area (TPSA) is 89.5 Å². The molecule has 0 spiro atoms. The summed E-state index contributed by atoms with van der Waals surface area (Å²) >= 11 is 3.11. The number of esters is 1. The van der Waals surface area contributed by atoms with Crippen LogP contribution in [0.2, 0.25) is 0 Å². The first-order chi connectivity index (χ1) is 12.7. The first-order valence-electron chi connectivity index (χ1n) is 7.94. The summed E-state index contributed by atoms with van der Waals surface area (Å²) in [4.78, 5) is 24.4. The largest absolute Gasteiger partial charge is 0.449 e. The Balaban J connectivity index is 2.15. The predicted octanol–water partition coefficient (Wildman–Crippen LogP) is 3.57. The fraction of sp³-hybridized carbons (Fsp3) is 0.222. The maximum Gasteiger partial charge on any atom is 0.340 e. The van der Waals surface area contributed by atoms with Gasteiger partial charge in [-0.1, -0.05) is 35.0 Å². The lowest BCUT2D eigenvalue weighted by Gasteiger charge is -2.15. The molecule has 0 aliphatic carbocycles. The molecule has 9 heteroatoms. The van der Waals surface area contributed by atoms with Gasteiger partial charge in [-0.25, -0.2) is 17.6 Å². The summed E-state index contributed by atoms with van der Waals surface area (Å²) in [6.45, 7) is 2.77. The minimum absolute atomic E-state index is 0.0694. The van der Waals surface area contributed by atoms with Crippen LogP contribution in [0.15, 0.2) is 51.8 Å². The molecule has 27 heavy (non-hydrogen) atoms. The molecule has 0 radical (unpaired) electrons.